The number of rotatable bonds is 1. The van der Waals surface area contributed by atoms with Gasteiger partial charge in [-0.15, -0.1) is 0 Å². The van der Waals surface area contributed by atoms with E-state index in [1.807, 2.05) is 12.2 Å². The Hall–Kier alpha value is -1.09. The van der Waals surface area contributed by atoms with Crippen LogP contribution in [0, 0.1) is 0 Å². The van der Waals surface area contributed by atoms with E-state index in [1.54, 1.807) is 0 Å². The molecule has 4 aliphatic rings. The topological polar surface area (TPSA) is 46.5 Å². The Morgan fingerprint density at radius 2 is 2.58 bits per heavy atom. The molecule has 12 heavy (non-hydrogen) atoms. The minimum Gasteiger partial charge on any atom is -0.478 e. The Kier molecular flexibility index (Phi) is 0.878. The molecule has 1 spiro atoms. The summed E-state index contributed by atoms with van der Waals surface area (Å²) in [5.41, 5.74) is 1.04. The first-order chi connectivity index (χ1) is 5.71. The van der Waals surface area contributed by atoms with Crippen LogP contribution in [0.3, 0.4) is 0 Å². The average molecular weight is 164 g/mol. The van der Waals surface area contributed by atoms with Crippen molar-refractivity contribution in [2.24, 2.45) is 0 Å². The fourth-order valence-corrected chi connectivity index (χ4v) is 2.40. The van der Waals surface area contributed by atoms with Crippen molar-refractivity contribution in [3.05, 3.63) is 23.3 Å². The second kappa shape index (κ2) is 1.64. The van der Waals surface area contributed by atoms with Crippen LogP contribution in [0.5, 0.6) is 0 Å². The van der Waals surface area contributed by atoms with E-state index in [2.05, 4.69) is 0 Å². The minimum absolute atomic E-state index is 0.150. The van der Waals surface area contributed by atoms with Crippen molar-refractivity contribution in [3.8, 4) is 0 Å². The molecule has 0 aromatic heterocycles. The number of carboxylic acid groups (broad SMARTS) is 1. The number of carboxylic acids is 1. The van der Waals surface area contributed by atoms with E-state index in [-0.39, 0.29) is 6.10 Å². The molecule has 3 bridgehead atoms. The second-order valence-corrected chi connectivity index (χ2v) is 3.57. The summed E-state index contributed by atoms with van der Waals surface area (Å²) in [5, 5.41) is 8.88. The molecular formula is C9H8O3. The molecular weight excluding hydrogens is 156 g/mol. The van der Waals surface area contributed by atoms with Crippen LogP contribution in [0.2, 0.25) is 0 Å². The number of hydrogen-bond donors (Lipinski definition) is 1. The van der Waals surface area contributed by atoms with Gasteiger partial charge in [-0.2, -0.15) is 0 Å². The molecule has 0 aromatic rings. The maximum atomic E-state index is 10.8. The van der Waals surface area contributed by atoms with E-state index in [9.17, 15) is 4.79 Å². The lowest BCUT2D eigenvalue weighted by Gasteiger charge is -2.45. The van der Waals surface area contributed by atoms with Gasteiger partial charge in [0.2, 0.25) is 0 Å². The molecule has 4 rings (SSSR count). The third-order valence-corrected chi connectivity index (χ3v) is 2.86. The maximum Gasteiger partial charge on any atom is 0.334 e. The van der Waals surface area contributed by atoms with E-state index >= 15 is 0 Å². The summed E-state index contributed by atoms with van der Waals surface area (Å²) >= 11 is 0. The molecule has 3 heteroatoms. The molecule has 2 unspecified atom stereocenters. The van der Waals surface area contributed by atoms with Crippen LogP contribution in [0.15, 0.2) is 23.3 Å². The van der Waals surface area contributed by atoms with Crippen molar-refractivity contribution in [2.75, 3.05) is 0 Å². The van der Waals surface area contributed by atoms with Gasteiger partial charge in [0, 0.05) is 6.42 Å². The lowest BCUT2D eigenvalue weighted by molar-refractivity contribution is -0.139. The molecule has 0 radical (unpaired) electrons. The van der Waals surface area contributed by atoms with E-state index in [0.717, 1.165) is 18.4 Å². The largest absolute Gasteiger partial charge is 0.478 e. The minimum atomic E-state index is -0.818. The van der Waals surface area contributed by atoms with E-state index < -0.39 is 11.6 Å². The second-order valence-electron chi connectivity index (χ2n) is 3.57. The van der Waals surface area contributed by atoms with E-state index in [0.29, 0.717) is 5.57 Å². The van der Waals surface area contributed by atoms with Gasteiger partial charge in [0.05, 0.1) is 11.7 Å². The summed E-state index contributed by atoms with van der Waals surface area (Å²) < 4.78 is 5.57. The predicted octanol–water partition coefficient (Wildman–Crippen LogP) is 0.869. The fraction of sp³-hybridized carbons (Fsp3) is 0.444. The summed E-state index contributed by atoms with van der Waals surface area (Å²) in [7, 11) is 0. The molecule has 1 N–H and O–H groups in total. The van der Waals surface area contributed by atoms with Crippen molar-refractivity contribution in [2.45, 2.75) is 24.5 Å². The van der Waals surface area contributed by atoms with Crippen LogP contribution in [-0.2, 0) is 9.53 Å². The van der Waals surface area contributed by atoms with E-state index in [1.165, 1.54) is 0 Å². The quantitative estimate of drug-likeness (QED) is 0.585. The third-order valence-electron chi connectivity index (χ3n) is 2.86. The standard InChI is InChI=1S/C9H8O3/c10-8(11)7-5-3-6-1-2-9(7,4-5)12-6/h1-2,6H,3-4H2,(H,10,11). The molecule has 2 atom stereocenters. The zero-order valence-electron chi connectivity index (χ0n) is 6.41. The lowest BCUT2D eigenvalue weighted by atomic mass is 9.71. The van der Waals surface area contributed by atoms with Gasteiger partial charge >= 0.3 is 5.97 Å². The predicted molar refractivity (Wildman–Crippen MR) is 40.6 cm³/mol. The van der Waals surface area contributed by atoms with Gasteiger partial charge in [-0.1, -0.05) is 11.6 Å². The molecule has 0 amide bonds. The summed E-state index contributed by atoms with van der Waals surface area (Å²) in [5.74, 6) is -0.818. The third kappa shape index (κ3) is 0.515. The molecule has 1 fully saturated rings. The molecule has 62 valence electrons. The van der Waals surface area contributed by atoms with Crippen molar-refractivity contribution in [1.29, 1.82) is 0 Å². The molecule has 3 heterocycles. The number of aliphatic carboxylic acids is 1. The van der Waals surface area contributed by atoms with Gasteiger partial charge in [0.15, 0.2) is 0 Å². The van der Waals surface area contributed by atoms with Gasteiger partial charge in [-0.3, -0.25) is 0 Å². The van der Waals surface area contributed by atoms with Crippen LogP contribution < -0.4 is 0 Å². The van der Waals surface area contributed by atoms with Gasteiger partial charge in [-0.25, -0.2) is 4.79 Å². The first kappa shape index (κ1) is 6.43. The maximum absolute atomic E-state index is 10.8. The Morgan fingerprint density at radius 1 is 1.75 bits per heavy atom. The van der Waals surface area contributed by atoms with Gasteiger partial charge in [-0.05, 0) is 12.5 Å². The molecule has 3 nitrogen and oxygen atoms in total. The number of ether oxygens (including phenoxy) is 1. The normalized spacial score (nSPS) is 41.5. The number of carbonyl (C=O) groups is 1. The van der Waals surface area contributed by atoms with Crippen molar-refractivity contribution < 1.29 is 14.6 Å². The molecule has 1 aliphatic carbocycles. The molecule has 1 saturated heterocycles. The summed E-state index contributed by atoms with van der Waals surface area (Å²) in [6, 6.07) is 0. The zero-order chi connectivity index (χ0) is 8.34. The van der Waals surface area contributed by atoms with Crippen LogP contribution in [0.4, 0.5) is 0 Å². The Bertz CT molecular complexity index is 340. The highest BCUT2D eigenvalue weighted by Crippen LogP contribution is 2.53. The molecule has 0 saturated carbocycles. The average Bonchev–Trinajstić information content (AvgIpc) is 2.22. The first-order valence-electron chi connectivity index (χ1n) is 4.04. The summed E-state index contributed by atoms with van der Waals surface area (Å²) in [6.45, 7) is 0. The Balaban J connectivity index is 2.15. The summed E-state index contributed by atoms with van der Waals surface area (Å²) in [6.07, 6.45) is 5.60. The SMILES string of the molecule is O=C(O)C1=C2CC3C=CC1(C2)O3. The van der Waals surface area contributed by atoms with Gasteiger partial charge in [0.25, 0.3) is 0 Å². The highest BCUT2D eigenvalue weighted by molar-refractivity contribution is 5.94. The summed E-state index contributed by atoms with van der Waals surface area (Å²) in [4.78, 5) is 10.8. The monoisotopic (exact) mass is 164 g/mol. The smallest absolute Gasteiger partial charge is 0.334 e. The Morgan fingerprint density at radius 3 is 3.33 bits per heavy atom. The van der Waals surface area contributed by atoms with Crippen LogP contribution in [0.25, 0.3) is 0 Å². The van der Waals surface area contributed by atoms with Crippen molar-refractivity contribution in [3.63, 3.8) is 0 Å². The van der Waals surface area contributed by atoms with Gasteiger partial charge < -0.3 is 9.84 Å². The first-order valence-corrected chi connectivity index (χ1v) is 4.04. The van der Waals surface area contributed by atoms with Gasteiger partial charge in [0.1, 0.15) is 5.60 Å². The van der Waals surface area contributed by atoms with Crippen molar-refractivity contribution >= 4 is 5.97 Å². The number of hydrogen-bond acceptors (Lipinski definition) is 2. The van der Waals surface area contributed by atoms with E-state index in [4.69, 9.17) is 9.84 Å². The zero-order valence-corrected chi connectivity index (χ0v) is 6.41. The lowest BCUT2D eigenvalue weighted by Crippen LogP contribution is -2.48. The van der Waals surface area contributed by atoms with Crippen LogP contribution in [0.1, 0.15) is 12.8 Å². The fourth-order valence-electron chi connectivity index (χ4n) is 2.40. The highest BCUT2D eigenvalue weighted by Gasteiger charge is 2.55. The van der Waals surface area contributed by atoms with Crippen molar-refractivity contribution in [1.82, 2.24) is 0 Å². The molecule has 0 aromatic carbocycles. The Labute approximate surface area is 69.3 Å². The molecule has 3 aliphatic heterocycles. The van der Waals surface area contributed by atoms with Crippen LogP contribution in [-0.4, -0.2) is 22.8 Å². The highest BCUT2D eigenvalue weighted by atomic mass is 16.5. The van der Waals surface area contributed by atoms with Crippen LogP contribution >= 0.6 is 0 Å².